The van der Waals surface area contributed by atoms with Crippen LogP contribution in [-0.2, 0) is 0 Å². The molecule has 0 aliphatic rings. The first-order valence-electron chi connectivity index (χ1n) is 9.11. The van der Waals surface area contributed by atoms with E-state index in [-0.39, 0.29) is 5.96 Å². The summed E-state index contributed by atoms with van der Waals surface area (Å²) >= 11 is 0. The van der Waals surface area contributed by atoms with E-state index in [0.717, 1.165) is 16.5 Å². The number of hydrogen-bond acceptors (Lipinski definition) is 4. The molecule has 2 N–H and O–H groups in total. The fraction of sp³-hybridized carbons (Fsp3) is 0.0870. The Kier molecular flexibility index (Phi) is 5.07. The number of aliphatic imine (C=N–C) groups is 1. The Labute approximate surface area is 168 Å². The third-order valence-corrected chi connectivity index (χ3v) is 4.52. The average Bonchev–Trinajstić information content (AvgIpc) is 3.19. The molecule has 29 heavy (non-hydrogen) atoms. The second-order valence-corrected chi connectivity index (χ2v) is 6.29. The van der Waals surface area contributed by atoms with E-state index in [0.29, 0.717) is 23.1 Å². The maximum atomic E-state index is 6.28. The van der Waals surface area contributed by atoms with Crippen molar-refractivity contribution in [2.24, 2.45) is 10.7 Å². The van der Waals surface area contributed by atoms with Gasteiger partial charge in [-0.25, -0.2) is 4.90 Å². The van der Waals surface area contributed by atoms with Crippen molar-refractivity contribution in [3.8, 4) is 17.2 Å². The van der Waals surface area contributed by atoms with Gasteiger partial charge < -0.3 is 19.6 Å². The molecule has 0 aliphatic carbocycles. The van der Waals surface area contributed by atoms with E-state index in [4.69, 9.17) is 19.6 Å². The lowest BCUT2D eigenvalue weighted by atomic mass is 10.2. The second kappa shape index (κ2) is 7.98. The van der Waals surface area contributed by atoms with Gasteiger partial charge in [-0.15, -0.1) is 0 Å². The molecule has 0 spiro atoms. The summed E-state index contributed by atoms with van der Waals surface area (Å²) in [5.74, 6) is 2.80. The number of guanidine groups is 1. The van der Waals surface area contributed by atoms with E-state index in [2.05, 4.69) is 4.99 Å². The molecule has 0 atom stereocenters. The molecule has 0 fully saturated rings. The minimum absolute atomic E-state index is 0.264. The average molecular weight is 387 g/mol. The Bertz CT molecular complexity index is 1150. The quantitative estimate of drug-likeness (QED) is 0.371. The molecule has 6 nitrogen and oxygen atoms in total. The van der Waals surface area contributed by atoms with Gasteiger partial charge in [-0.3, -0.25) is 4.99 Å². The molecule has 0 radical (unpaired) electrons. The topological polar surface area (TPSA) is 73.2 Å². The first-order chi connectivity index (χ1) is 14.2. The lowest BCUT2D eigenvalue weighted by molar-refractivity contribution is 0.413. The number of hydrogen-bond donors (Lipinski definition) is 1. The summed E-state index contributed by atoms with van der Waals surface area (Å²) in [6, 6.07) is 22.9. The zero-order valence-corrected chi connectivity index (χ0v) is 16.2. The number of benzene rings is 3. The van der Waals surface area contributed by atoms with Gasteiger partial charge in [-0.2, -0.15) is 0 Å². The second-order valence-electron chi connectivity index (χ2n) is 6.29. The van der Waals surface area contributed by atoms with Crippen LogP contribution in [0, 0.1) is 0 Å². The molecule has 1 aromatic heterocycles. The van der Waals surface area contributed by atoms with Crippen LogP contribution >= 0.6 is 0 Å². The molecule has 0 saturated carbocycles. The van der Waals surface area contributed by atoms with E-state index in [1.54, 1.807) is 25.3 Å². The summed E-state index contributed by atoms with van der Waals surface area (Å²) < 4.78 is 17.5. The maximum Gasteiger partial charge on any atom is 0.214 e. The van der Waals surface area contributed by atoms with E-state index < -0.39 is 0 Å². The molecule has 0 amide bonds. The van der Waals surface area contributed by atoms with Gasteiger partial charge in [0.25, 0.3) is 0 Å². The highest BCUT2D eigenvalue weighted by Gasteiger charge is 2.23. The summed E-state index contributed by atoms with van der Waals surface area (Å²) in [7, 11) is 3.23. The van der Waals surface area contributed by atoms with Crippen molar-refractivity contribution >= 4 is 28.3 Å². The van der Waals surface area contributed by atoms with Crippen LogP contribution in [0.4, 0.5) is 11.6 Å². The molecule has 146 valence electrons. The van der Waals surface area contributed by atoms with Crippen molar-refractivity contribution in [3.05, 3.63) is 79.1 Å². The Hall–Kier alpha value is -3.93. The van der Waals surface area contributed by atoms with Gasteiger partial charge in [0.05, 0.1) is 12.8 Å². The van der Waals surface area contributed by atoms with Gasteiger partial charge in [0.2, 0.25) is 11.8 Å². The van der Waals surface area contributed by atoms with Crippen molar-refractivity contribution in [1.82, 2.24) is 0 Å². The van der Waals surface area contributed by atoms with Crippen LogP contribution < -0.4 is 20.1 Å². The van der Waals surface area contributed by atoms with Crippen LogP contribution in [0.1, 0.15) is 0 Å². The summed E-state index contributed by atoms with van der Waals surface area (Å²) in [6.07, 6.45) is 1.69. The Balaban J connectivity index is 1.84. The summed E-state index contributed by atoms with van der Waals surface area (Å²) in [6.45, 7) is 0. The number of rotatable bonds is 5. The predicted molar refractivity (Wildman–Crippen MR) is 115 cm³/mol. The first-order valence-corrected chi connectivity index (χ1v) is 9.11. The number of furan rings is 1. The molecule has 1 heterocycles. The van der Waals surface area contributed by atoms with E-state index in [1.165, 1.54) is 0 Å². The van der Waals surface area contributed by atoms with Gasteiger partial charge in [0, 0.05) is 23.9 Å². The number of fused-ring (bicyclic) bond motifs is 1. The molecular weight excluding hydrogens is 366 g/mol. The minimum atomic E-state index is 0.264. The molecule has 0 unspecified atom stereocenters. The zero-order valence-electron chi connectivity index (χ0n) is 16.2. The SMILES string of the molecule is CN=C(N)N(c1cc(Oc2ccccc2)ccc1OC)c1occ2ccccc12. The Morgan fingerprint density at radius 3 is 2.48 bits per heavy atom. The lowest BCUT2D eigenvalue weighted by Crippen LogP contribution is -2.33. The van der Waals surface area contributed by atoms with Gasteiger partial charge in [0.1, 0.15) is 23.5 Å². The molecule has 4 rings (SSSR count). The minimum Gasteiger partial charge on any atom is -0.495 e. The number of para-hydroxylation sites is 1. The van der Waals surface area contributed by atoms with Crippen LogP contribution in [0.15, 0.2) is 88.5 Å². The van der Waals surface area contributed by atoms with Gasteiger partial charge in [-0.05, 0) is 30.3 Å². The number of methoxy groups -OCH3 is 1. The molecule has 3 aromatic carbocycles. The van der Waals surface area contributed by atoms with Crippen molar-refractivity contribution in [1.29, 1.82) is 0 Å². The predicted octanol–water partition coefficient (Wildman–Crippen LogP) is 5.32. The van der Waals surface area contributed by atoms with Crippen LogP contribution in [-0.4, -0.2) is 20.1 Å². The fourth-order valence-electron chi connectivity index (χ4n) is 3.12. The van der Waals surface area contributed by atoms with E-state index >= 15 is 0 Å². The zero-order chi connectivity index (χ0) is 20.2. The van der Waals surface area contributed by atoms with Gasteiger partial charge in [-0.1, -0.05) is 36.4 Å². The summed E-state index contributed by atoms with van der Waals surface area (Å²) in [5.41, 5.74) is 6.93. The van der Waals surface area contributed by atoms with Crippen molar-refractivity contribution < 1.29 is 13.9 Å². The molecule has 4 aromatic rings. The molecule has 6 heteroatoms. The highest BCUT2D eigenvalue weighted by Crippen LogP contribution is 2.40. The fourth-order valence-corrected chi connectivity index (χ4v) is 3.12. The largest absolute Gasteiger partial charge is 0.495 e. The Morgan fingerprint density at radius 1 is 0.966 bits per heavy atom. The normalized spacial score (nSPS) is 11.4. The molecular formula is C23H21N3O3. The van der Waals surface area contributed by atoms with E-state index in [1.807, 2.05) is 72.8 Å². The highest BCUT2D eigenvalue weighted by molar-refractivity contribution is 6.08. The number of ether oxygens (including phenoxy) is 2. The third-order valence-electron chi connectivity index (χ3n) is 4.52. The number of nitrogens with zero attached hydrogens (tertiary/aromatic N) is 2. The molecule has 0 bridgehead atoms. The standard InChI is InChI=1S/C23H21N3O3/c1-25-23(24)26(22-19-11-7-6-8-16(19)15-28-22)20-14-18(12-13-21(20)27-2)29-17-9-4-3-5-10-17/h3-15H,1-2H3,(H2,24,25). The summed E-state index contributed by atoms with van der Waals surface area (Å²) in [4.78, 5) is 5.90. The van der Waals surface area contributed by atoms with Crippen LogP contribution in [0.2, 0.25) is 0 Å². The van der Waals surface area contributed by atoms with Gasteiger partial charge in [0.15, 0.2) is 0 Å². The third kappa shape index (κ3) is 3.60. The molecule has 0 aliphatic heterocycles. The smallest absolute Gasteiger partial charge is 0.214 e. The van der Waals surface area contributed by atoms with Gasteiger partial charge >= 0.3 is 0 Å². The van der Waals surface area contributed by atoms with Crippen molar-refractivity contribution in [3.63, 3.8) is 0 Å². The van der Waals surface area contributed by atoms with Crippen molar-refractivity contribution in [2.75, 3.05) is 19.1 Å². The monoisotopic (exact) mass is 387 g/mol. The maximum absolute atomic E-state index is 6.28. The van der Waals surface area contributed by atoms with Crippen LogP contribution in [0.3, 0.4) is 0 Å². The number of anilines is 2. The Morgan fingerprint density at radius 2 is 1.72 bits per heavy atom. The summed E-state index contributed by atoms with van der Waals surface area (Å²) in [5, 5.41) is 1.88. The first kappa shape index (κ1) is 18.4. The van der Waals surface area contributed by atoms with Crippen LogP contribution in [0.25, 0.3) is 10.8 Å². The molecule has 0 saturated heterocycles. The van der Waals surface area contributed by atoms with E-state index in [9.17, 15) is 0 Å². The highest BCUT2D eigenvalue weighted by atomic mass is 16.5. The number of nitrogens with two attached hydrogens (primary N) is 1. The van der Waals surface area contributed by atoms with Crippen LogP contribution in [0.5, 0.6) is 17.2 Å². The van der Waals surface area contributed by atoms with Crippen molar-refractivity contribution in [2.45, 2.75) is 0 Å². The lowest BCUT2D eigenvalue weighted by Gasteiger charge is -2.24.